The summed E-state index contributed by atoms with van der Waals surface area (Å²) in [5.41, 5.74) is 3.40. The van der Waals surface area contributed by atoms with E-state index in [2.05, 4.69) is 45.7 Å². The molecule has 2 amide bonds. The SMILES string of the molecule is Cc1cccc(C(=O)Nc2ccc(NC(=S)NC(=O)c3ccc(OCCC(C)C)c(Br)c3)cc2)c1. The van der Waals surface area contributed by atoms with Crippen LogP contribution in [0.15, 0.2) is 71.2 Å². The largest absolute Gasteiger partial charge is 0.492 e. The van der Waals surface area contributed by atoms with Gasteiger partial charge >= 0.3 is 0 Å². The number of rotatable bonds is 8. The minimum absolute atomic E-state index is 0.167. The number of carbonyl (C=O) groups is 2. The first kappa shape index (κ1) is 26.4. The van der Waals surface area contributed by atoms with E-state index in [1.165, 1.54) is 0 Å². The molecule has 0 atom stereocenters. The van der Waals surface area contributed by atoms with Gasteiger partial charge in [0.05, 0.1) is 11.1 Å². The van der Waals surface area contributed by atoms with Gasteiger partial charge in [-0.15, -0.1) is 0 Å². The molecule has 6 nitrogen and oxygen atoms in total. The number of anilines is 2. The Bertz CT molecular complexity index is 1210. The standard InChI is InChI=1S/C27H28BrN3O3S/c1-17(2)13-14-34-24-12-7-20(16-23(24)28)26(33)31-27(35)30-22-10-8-21(9-11-22)29-25(32)19-6-4-5-18(3)15-19/h4-12,15-17H,13-14H2,1-3H3,(H,29,32)(H2,30,31,33,35). The fourth-order valence-corrected chi connectivity index (χ4v) is 3.83. The van der Waals surface area contributed by atoms with Crippen LogP contribution in [-0.4, -0.2) is 23.5 Å². The van der Waals surface area contributed by atoms with E-state index in [0.717, 1.165) is 12.0 Å². The number of hydrogen-bond donors (Lipinski definition) is 3. The average Bonchev–Trinajstić information content (AvgIpc) is 2.81. The number of amides is 2. The third kappa shape index (κ3) is 8.19. The Morgan fingerprint density at radius 3 is 2.20 bits per heavy atom. The van der Waals surface area contributed by atoms with Crippen LogP contribution < -0.4 is 20.7 Å². The van der Waals surface area contributed by atoms with Gasteiger partial charge in [-0.3, -0.25) is 14.9 Å². The molecule has 3 aromatic carbocycles. The Balaban J connectivity index is 1.52. The van der Waals surface area contributed by atoms with Crippen molar-refractivity contribution in [3.63, 3.8) is 0 Å². The number of benzene rings is 3. The molecule has 0 heterocycles. The fourth-order valence-electron chi connectivity index (χ4n) is 3.13. The molecular formula is C27H28BrN3O3S. The summed E-state index contributed by atoms with van der Waals surface area (Å²) in [6.45, 7) is 6.84. The second-order valence-corrected chi connectivity index (χ2v) is 9.75. The second kappa shape index (κ2) is 12.5. The van der Waals surface area contributed by atoms with Gasteiger partial charge < -0.3 is 15.4 Å². The molecule has 3 aromatic rings. The third-order valence-corrected chi connectivity index (χ3v) is 5.88. The zero-order valence-corrected chi connectivity index (χ0v) is 22.3. The molecule has 0 radical (unpaired) electrons. The van der Waals surface area contributed by atoms with Crippen LogP contribution in [0.1, 0.15) is 46.5 Å². The van der Waals surface area contributed by atoms with Crippen molar-refractivity contribution in [3.05, 3.63) is 87.9 Å². The quantitative estimate of drug-likeness (QED) is 0.275. The van der Waals surface area contributed by atoms with Crippen molar-refractivity contribution in [1.29, 1.82) is 0 Å². The van der Waals surface area contributed by atoms with Gasteiger partial charge in [0, 0.05) is 22.5 Å². The van der Waals surface area contributed by atoms with E-state index in [1.54, 1.807) is 48.5 Å². The summed E-state index contributed by atoms with van der Waals surface area (Å²) < 4.78 is 6.47. The highest BCUT2D eigenvalue weighted by Crippen LogP contribution is 2.26. The number of ether oxygens (including phenoxy) is 1. The minimum Gasteiger partial charge on any atom is -0.492 e. The van der Waals surface area contributed by atoms with Gasteiger partial charge in [0.2, 0.25) is 0 Å². The molecule has 0 bridgehead atoms. The smallest absolute Gasteiger partial charge is 0.257 e. The van der Waals surface area contributed by atoms with Crippen molar-refractivity contribution in [3.8, 4) is 5.75 Å². The maximum Gasteiger partial charge on any atom is 0.257 e. The Kier molecular flexibility index (Phi) is 9.39. The highest BCUT2D eigenvalue weighted by molar-refractivity contribution is 9.10. The van der Waals surface area contributed by atoms with E-state index in [-0.39, 0.29) is 16.9 Å². The van der Waals surface area contributed by atoms with Gasteiger partial charge in [-0.1, -0.05) is 31.5 Å². The van der Waals surface area contributed by atoms with Crippen LogP contribution in [0.25, 0.3) is 0 Å². The first-order valence-electron chi connectivity index (χ1n) is 11.2. The lowest BCUT2D eigenvalue weighted by atomic mass is 10.1. The topological polar surface area (TPSA) is 79.5 Å². The lowest BCUT2D eigenvalue weighted by Gasteiger charge is -2.12. The fraction of sp³-hybridized carbons (Fsp3) is 0.222. The van der Waals surface area contributed by atoms with Crippen LogP contribution in [0.2, 0.25) is 0 Å². The van der Waals surface area contributed by atoms with E-state index in [0.29, 0.717) is 45.2 Å². The lowest BCUT2D eigenvalue weighted by molar-refractivity contribution is 0.0976. The maximum atomic E-state index is 12.6. The molecule has 0 saturated heterocycles. The highest BCUT2D eigenvalue weighted by atomic mass is 79.9. The predicted molar refractivity (Wildman–Crippen MR) is 148 cm³/mol. The zero-order chi connectivity index (χ0) is 25.4. The summed E-state index contributed by atoms with van der Waals surface area (Å²) in [6, 6.07) is 19.6. The normalized spacial score (nSPS) is 10.5. The predicted octanol–water partition coefficient (Wildman–Crippen LogP) is 6.56. The van der Waals surface area contributed by atoms with Crippen LogP contribution >= 0.6 is 28.1 Å². The third-order valence-electron chi connectivity index (χ3n) is 5.05. The van der Waals surface area contributed by atoms with Crippen molar-refractivity contribution in [1.82, 2.24) is 5.32 Å². The molecule has 0 unspecified atom stereocenters. The number of halogens is 1. The molecule has 3 rings (SSSR count). The van der Waals surface area contributed by atoms with Crippen molar-refractivity contribution in [2.24, 2.45) is 5.92 Å². The Morgan fingerprint density at radius 1 is 0.914 bits per heavy atom. The summed E-state index contributed by atoms with van der Waals surface area (Å²) in [6.07, 6.45) is 0.953. The molecule has 0 aliphatic carbocycles. The average molecular weight is 555 g/mol. The highest BCUT2D eigenvalue weighted by Gasteiger charge is 2.12. The molecule has 3 N–H and O–H groups in total. The molecule has 0 aliphatic rings. The lowest BCUT2D eigenvalue weighted by Crippen LogP contribution is -2.34. The van der Waals surface area contributed by atoms with Crippen LogP contribution in [0.5, 0.6) is 5.75 Å². The zero-order valence-electron chi connectivity index (χ0n) is 19.9. The van der Waals surface area contributed by atoms with Crippen LogP contribution in [0.4, 0.5) is 11.4 Å². The molecule has 35 heavy (non-hydrogen) atoms. The molecule has 0 saturated carbocycles. The van der Waals surface area contributed by atoms with Crippen molar-refractivity contribution in [2.75, 3.05) is 17.2 Å². The molecular weight excluding hydrogens is 526 g/mol. The van der Waals surface area contributed by atoms with Crippen LogP contribution in [-0.2, 0) is 0 Å². The van der Waals surface area contributed by atoms with E-state index in [9.17, 15) is 9.59 Å². The number of thiocarbonyl (C=S) groups is 1. The number of aryl methyl sites for hydroxylation is 1. The molecule has 182 valence electrons. The van der Waals surface area contributed by atoms with E-state index < -0.39 is 0 Å². The van der Waals surface area contributed by atoms with E-state index in [4.69, 9.17) is 17.0 Å². The Labute approximate surface area is 219 Å². The minimum atomic E-state index is -0.334. The molecule has 0 aromatic heterocycles. The number of nitrogens with one attached hydrogen (secondary N) is 3. The Morgan fingerprint density at radius 2 is 1.57 bits per heavy atom. The van der Waals surface area contributed by atoms with Gasteiger partial charge in [-0.05, 0) is 102 Å². The first-order valence-corrected chi connectivity index (χ1v) is 12.4. The molecule has 0 fully saturated rings. The monoisotopic (exact) mass is 553 g/mol. The maximum absolute atomic E-state index is 12.6. The molecule has 0 aliphatic heterocycles. The number of hydrogen-bond acceptors (Lipinski definition) is 4. The van der Waals surface area contributed by atoms with Crippen LogP contribution in [0.3, 0.4) is 0 Å². The van der Waals surface area contributed by atoms with Gasteiger partial charge in [0.15, 0.2) is 5.11 Å². The van der Waals surface area contributed by atoms with Crippen LogP contribution in [0, 0.1) is 12.8 Å². The van der Waals surface area contributed by atoms with Gasteiger partial charge in [0.1, 0.15) is 5.75 Å². The van der Waals surface area contributed by atoms with E-state index >= 15 is 0 Å². The summed E-state index contributed by atoms with van der Waals surface area (Å²) in [5.74, 6) is 0.733. The van der Waals surface area contributed by atoms with Crippen molar-refractivity contribution in [2.45, 2.75) is 27.2 Å². The number of carbonyl (C=O) groups excluding carboxylic acids is 2. The Hall–Kier alpha value is -3.23. The second-order valence-electron chi connectivity index (χ2n) is 8.49. The van der Waals surface area contributed by atoms with E-state index in [1.807, 2.05) is 25.1 Å². The van der Waals surface area contributed by atoms with Crippen molar-refractivity contribution < 1.29 is 14.3 Å². The molecule has 8 heteroatoms. The summed E-state index contributed by atoms with van der Waals surface area (Å²) in [4.78, 5) is 25.0. The van der Waals surface area contributed by atoms with Gasteiger partial charge in [-0.25, -0.2) is 0 Å². The first-order chi connectivity index (χ1) is 16.7. The van der Waals surface area contributed by atoms with Gasteiger partial charge in [-0.2, -0.15) is 0 Å². The summed E-state index contributed by atoms with van der Waals surface area (Å²) in [7, 11) is 0. The van der Waals surface area contributed by atoms with Gasteiger partial charge in [0.25, 0.3) is 11.8 Å². The van der Waals surface area contributed by atoms with Crippen molar-refractivity contribution >= 4 is 56.4 Å². The summed E-state index contributed by atoms with van der Waals surface area (Å²) in [5, 5.41) is 8.68. The molecule has 0 spiro atoms. The summed E-state index contributed by atoms with van der Waals surface area (Å²) >= 11 is 8.74.